The molecular weight excluding hydrogens is 436 g/mol. The lowest BCUT2D eigenvalue weighted by Gasteiger charge is -2.49. The molecule has 0 N–H and O–H groups in total. The molecule has 3 rings (SSSR count). The molecule has 0 spiro atoms. The molecule has 0 saturated heterocycles. The van der Waals surface area contributed by atoms with E-state index in [0.29, 0.717) is 30.4 Å². The summed E-state index contributed by atoms with van der Waals surface area (Å²) in [5.41, 5.74) is 2.56. The Morgan fingerprint density at radius 1 is 1.15 bits per heavy atom. The van der Waals surface area contributed by atoms with Gasteiger partial charge in [-0.2, -0.15) is 0 Å². The second-order valence-electron chi connectivity index (χ2n) is 9.80. The van der Waals surface area contributed by atoms with Crippen LogP contribution < -0.4 is 0 Å². The molecule has 3 aliphatic rings. The third kappa shape index (κ3) is 4.65. The van der Waals surface area contributed by atoms with Crippen LogP contribution in [0, 0.1) is 11.3 Å². The molecule has 0 amide bonds. The van der Waals surface area contributed by atoms with Crippen LogP contribution in [-0.2, 0) is 33.4 Å². The van der Waals surface area contributed by atoms with E-state index in [0.717, 1.165) is 16.7 Å². The molecule has 1 heterocycles. The quantitative estimate of drug-likeness (QED) is 0.262. The van der Waals surface area contributed by atoms with E-state index in [1.54, 1.807) is 26.8 Å². The molecule has 0 saturated carbocycles. The highest BCUT2D eigenvalue weighted by Crippen LogP contribution is 2.51. The number of carbonyl (C=O) groups is 4. The van der Waals surface area contributed by atoms with Gasteiger partial charge in [-0.3, -0.25) is 9.59 Å². The fourth-order valence-electron chi connectivity index (χ4n) is 5.29. The number of rotatable bonds is 3. The zero-order chi connectivity index (χ0) is 25.4. The van der Waals surface area contributed by atoms with Crippen molar-refractivity contribution >= 4 is 23.7 Å². The SMILES string of the molecule is C/C=C(\C)C(=O)O[C@H]1CC/C(C)=C\[C@H]2OC(=O)C(C)=C2C[C@@H]2C(C)=CC(=O)[C@@H](OC(C)=O)[C@@]12C. The van der Waals surface area contributed by atoms with E-state index < -0.39 is 35.7 Å². The molecular formula is C27H34O7. The van der Waals surface area contributed by atoms with Gasteiger partial charge in [-0.1, -0.05) is 24.1 Å². The number of fused-ring (bicyclic) bond motifs is 2. The summed E-state index contributed by atoms with van der Waals surface area (Å²) >= 11 is 0. The summed E-state index contributed by atoms with van der Waals surface area (Å²) in [7, 11) is 0. The Bertz CT molecular complexity index is 1040. The van der Waals surface area contributed by atoms with Gasteiger partial charge in [-0.25, -0.2) is 9.59 Å². The number of esters is 3. The molecule has 0 aromatic rings. The van der Waals surface area contributed by atoms with E-state index in [-0.39, 0.29) is 17.7 Å². The first-order valence-electron chi connectivity index (χ1n) is 11.7. The van der Waals surface area contributed by atoms with Crippen LogP contribution in [0.1, 0.15) is 67.7 Å². The Labute approximate surface area is 200 Å². The highest BCUT2D eigenvalue weighted by atomic mass is 16.6. The molecule has 0 radical (unpaired) electrons. The fourth-order valence-corrected chi connectivity index (χ4v) is 5.29. The minimum absolute atomic E-state index is 0.327. The van der Waals surface area contributed by atoms with E-state index in [1.165, 1.54) is 13.0 Å². The first-order valence-corrected chi connectivity index (χ1v) is 11.7. The normalized spacial score (nSPS) is 33.7. The average Bonchev–Trinajstić information content (AvgIpc) is 3.02. The van der Waals surface area contributed by atoms with E-state index >= 15 is 0 Å². The van der Waals surface area contributed by atoms with Crippen molar-refractivity contribution in [2.75, 3.05) is 0 Å². The van der Waals surface area contributed by atoms with Gasteiger partial charge in [0.05, 0.1) is 5.41 Å². The van der Waals surface area contributed by atoms with Crippen LogP contribution >= 0.6 is 0 Å². The summed E-state index contributed by atoms with van der Waals surface area (Å²) in [5, 5.41) is 0. The van der Waals surface area contributed by atoms with Crippen molar-refractivity contribution in [2.45, 2.75) is 86.0 Å². The van der Waals surface area contributed by atoms with Crippen molar-refractivity contribution in [1.29, 1.82) is 0 Å². The number of carbonyl (C=O) groups excluding carboxylic acids is 4. The Morgan fingerprint density at radius 2 is 1.82 bits per heavy atom. The maximum atomic E-state index is 13.2. The Balaban J connectivity index is 2.22. The van der Waals surface area contributed by atoms with Crippen LogP contribution in [0.3, 0.4) is 0 Å². The first-order chi connectivity index (χ1) is 15.9. The molecule has 1 aliphatic heterocycles. The summed E-state index contributed by atoms with van der Waals surface area (Å²) in [5.74, 6) is -2.07. The van der Waals surface area contributed by atoms with Gasteiger partial charge in [-0.15, -0.1) is 0 Å². The zero-order valence-electron chi connectivity index (χ0n) is 21.0. The number of hydrogen-bond acceptors (Lipinski definition) is 7. The second-order valence-corrected chi connectivity index (χ2v) is 9.80. The lowest BCUT2D eigenvalue weighted by molar-refractivity contribution is -0.181. The van der Waals surface area contributed by atoms with Crippen LogP contribution in [0.5, 0.6) is 0 Å². The summed E-state index contributed by atoms with van der Waals surface area (Å²) in [6.45, 7) is 12.1. The minimum atomic E-state index is -1.12. The summed E-state index contributed by atoms with van der Waals surface area (Å²) < 4.78 is 17.3. The Hall–Kier alpha value is -2.96. The molecule has 34 heavy (non-hydrogen) atoms. The third-order valence-corrected chi connectivity index (χ3v) is 7.50. The number of hydrogen-bond donors (Lipinski definition) is 0. The molecule has 7 nitrogen and oxygen atoms in total. The number of allylic oxidation sites excluding steroid dienone is 3. The maximum absolute atomic E-state index is 13.2. The van der Waals surface area contributed by atoms with E-state index in [4.69, 9.17) is 14.2 Å². The van der Waals surface area contributed by atoms with Gasteiger partial charge < -0.3 is 14.2 Å². The van der Waals surface area contributed by atoms with Gasteiger partial charge in [0.25, 0.3) is 0 Å². The zero-order valence-corrected chi connectivity index (χ0v) is 21.0. The summed E-state index contributed by atoms with van der Waals surface area (Å²) in [4.78, 5) is 50.5. The molecule has 0 bridgehead atoms. The lowest BCUT2D eigenvalue weighted by atomic mass is 9.59. The predicted octanol–water partition coefficient (Wildman–Crippen LogP) is 4.32. The van der Waals surface area contributed by atoms with Crippen molar-refractivity contribution in [1.82, 2.24) is 0 Å². The maximum Gasteiger partial charge on any atom is 0.334 e. The molecule has 0 aromatic heterocycles. The largest absolute Gasteiger partial charge is 0.458 e. The highest BCUT2D eigenvalue weighted by molar-refractivity contribution is 5.97. The van der Waals surface area contributed by atoms with Crippen molar-refractivity contribution in [2.24, 2.45) is 11.3 Å². The standard InChI is InChI=1S/C27H34O7/c1-8-15(3)25(30)34-23-10-9-14(2)11-22-19(17(5)26(31)33-22)13-20-16(4)12-21(29)24(27(20,23)7)32-18(6)28/h8,11-12,20,22-24H,9-10,13H2,1-7H3/b14-11-,15-8+/t20-,22-,23+,24-,27-/m1/s1. The molecule has 0 unspecified atom stereocenters. The van der Waals surface area contributed by atoms with E-state index in [9.17, 15) is 19.2 Å². The van der Waals surface area contributed by atoms with Crippen LogP contribution in [-0.4, -0.2) is 42.0 Å². The summed E-state index contributed by atoms with van der Waals surface area (Å²) in [6.07, 6.45) is 4.21. The van der Waals surface area contributed by atoms with Crippen LogP contribution in [0.2, 0.25) is 0 Å². The third-order valence-electron chi connectivity index (χ3n) is 7.50. The highest BCUT2D eigenvalue weighted by Gasteiger charge is 2.57. The molecule has 2 aliphatic carbocycles. The number of ether oxygens (including phenoxy) is 3. The van der Waals surface area contributed by atoms with Gasteiger partial charge >= 0.3 is 17.9 Å². The van der Waals surface area contributed by atoms with Gasteiger partial charge in [0.2, 0.25) is 0 Å². The Morgan fingerprint density at radius 3 is 2.44 bits per heavy atom. The lowest BCUT2D eigenvalue weighted by Crippen LogP contribution is -2.57. The molecule has 5 atom stereocenters. The fraction of sp³-hybridized carbons (Fsp3) is 0.556. The van der Waals surface area contributed by atoms with Crippen molar-refractivity contribution in [3.63, 3.8) is 0 Å². The molecule has 0 aromatic carbocycles. The van der Waals surface area contributed by atoms with Crippen LogP contribution in [0.25, 0.3) is 0 Å². The average molecular weight is 471 g/mol. The predicted molar refractivity (Wildman–Crippen MR) is 125 cm³/mol. The van der Waals surface area contributed by atoms with Crippen molar-refractivity contribution in [3.05, 3.63) is 46.1 Å². The van der Waals surface area contributed by atoms with Crippen LogP contribution in [0.15, 0.2) is 46.1 Å². The molecule has 7 heteroatoms. The van der Waals surface area contributed by atoms with E-state index in [1.807, 2.05) is 26.8 Å². The van der Waals surface area contributed by atoms with Gasteiger partial charge in [0, 0.05) is 18.1 Å². The van der Waals surface area contributed by atoms with Gasteiger partial charge in [-0.05, 0) is 77.5 Å². The van der Waals surface area contributed by atoms with Gasteiger partial charge in [0.15, 0.2) is 11.9 Å². The minimum Gasteiger partial charge on any atom is -0.458 e. The van der Waals surface area contributed by atoms with Crippen molar-refractivity contribution < 1.29 is 33.4 Å². The molecule has 0 fully saturated rings. The summed E-state index contributed by atoms with van der Waals surface area (Å²) in [6, 6.07) is 0. The first kappa shape index (κ1) is 25.7. The number of ketones is 1. The van der Waals surface area contributed by atoms with E-state index in [2.05, 4.69) is 0 Å². The topological polar surface area (TPSA) is 96.0 Å². The van der Waals surface area contributed by atoms with Crippen LogP contribution in [0.4, 0.5) is 0 Å². The smallest absolute Gasteiger partial charge is 0.334 e. The second kappa shape index (κ2) is 9.72. The van der Waals surface area contributed by atoms with Gasteiger partial charge in [0.1, 0.15) is 12.2 Å². The Kier molecular flexibility index (Phi) is 7.34. The van der Waals surface area contributed by atoms with Crippen molar-refractivity contribution in [3.8, 4) is 0 Å². The molecule has 184 valence electrons. The monoisotopic (exact) mass is 470 g/mol.